The minimum absolute atomic E-state index is 0.0204. The molecule has 0 aromatic heterocycles. The van der Waals surface area contributed by atoms with E-state index in [2.05, 4.69) is 22.1 Å². The predicted molar refractivity (Wildman–Crippen MR) is 121 cm³/mol. The Hall–Kier alpha value is -3.80. The standard InChI is InChI=1S/C23H27N5O4/c1-2-27(17-5-3-4-6-18-32-23(29)15-16-24)21-11-7-19(8-12-21)25-26-20-9-13-22(14-10-20)28(30)31/h7-14H,2-6,15,17-18H2,1H3. The molecule has 0 radical (unpaired) electrons. The minimum atomic E-state index is -0.458. The number of nitrogens with zero attached hydrogens (tertiary/aromatic N) is 5. The van der Waals surface area contributed by atoms with Crippen molar-refractivity contribution in [2.45, 2.75) is 39.0 Å². The summed E-state index contributed by atoms with van der Waals surface area (Å²) >= 11 is 0. The van der Waals surface area contributed by atoms with Crippen molar-refractivity contribution in [2.24, 2.45) is 10.2 Å². The molecule has 9 heteroatoms. The van der Waals surface area contributed by atoms with Crippen LogP contribution >= 0.6 is 0 Å². The number of rotatable bonds is 13. The number of carbonyl (C=O) groups excluding carboxylic acids is 1. The highest BCUT2D eigenvalue weighted by Gasteiger charge is 2.06. The molecule has 32 heavy (non-hydrogen) atoms. The maximum Gasteiger partial charge on any atom is 0.320 e. The van der Waals surface area contributed by atoms with E-state index in [4.69, 9.17) is 10.00 Å². The average Bonchev–Trinajstić information content (AvgIpc) is 2.80. The van der Waals surface area contributed by atoms with Crippen LogP contribution in [0.4, 0.5) is 22.7 Å². The third kappa shape index (κ3) is 8.52. The molecule has 0 unspecified atom stereocenters. The number of azo groups is 1. The molecule has 0 N–H and O–H groups in total. The lowest BCUT2D eigenvalue weighted by Crippen LogP contribution is -2.23. The van der Waals surface area contributed by atoms with Crippen LogP contribution in [0.3, 0.4) is 0 Å². The Morgan fingerprint density at radius 2 is 1.62 bits per heavy atom. The van der Waals surface area contributed by atoms with E-state index in [0.29, 0.717) is 18.0 Å². The molecular weight excluding hydrogens is 410 g/mol. The van der Waals surface area contributed by atoms with E-state index in [0.717, 1.165) is 44.5 Å². The smallest absolute Gasteiger partial charge is 0.320 e. The number of nitro benzene ring substituents is 1. The number of ether oxygens (including phenoxy) is 1. The second-order valence-electron chi connectivity index (χ2n) is 7.04. The zero-order chi connectivity index (χ0) is 23.2. The van der Waals surface area contributed by atoms with Crippen LogP contribution in [0.5, 0.6) is 0 Å². The van der Waals surface area contributed by atoms with E-state index >= 15 is 0 Å². The van der Waals surface area contributed by atoms with Crippen molar-refractivity contribution < 1.29 is 14.5 Å². The highest BCUT2D eigenvalue weighted by molar-refractivity contribution is 5.71. The van der Waals surface area contributed by atoms with Gasteiger partial charge in [0, 0.05) is 30.9 Å². The molecule has 0 aliphatic carbocycles. The number of anilines is 1. The molecule has 0 spiro atoms. The van der Waals surface area contributed by atoms with Crippen molar-refractivity contribution in [3.63, 3.8) is 0 Å². The van der Waals surface area contributed by atoms with Crippen LogP contribution in [0.25, 0.3) is 0 Å². The topological polar surface area (TPSA) is 121 Å². The lowest BCUT2D eigenvalue weighted by Gasteiger charge is -2.23. The van der Waals surface area contributed by atoms with Crippen LogP contribution in [0, 0.1) is 21.4 Å². The van der Waals surface area contributed by atoms with Gasteiger partial charge >= 0.3 is 5.97 Å². The summed E-state index contributed by atoms with van der Waals surface area (Å²) < 4.78 is 4.96. The number of nitriles is 1. The number of unbranched alkanes of at least 4 members (excludes halogenated alkanes) is 3. The Morgan fingerprint density at radius 1 is 1.03 bits per heavy atom. The Morgan fingerprint density at radius 3 is 2.19 bits per heavy atom. The predicted octanol–water partition coefficient (Wildman–Crippen LogP) is 5.85. The molecule has 0 saturated carbocycles. The van der Waals surface area contributed by atoms with Crippen molar-refractivity contribution in [3.8, 4) is 6.07 Å². The molecule has 0 fully saturated rings. The van der Waals surface area contributed by atoms with Crippen LogP contribution in [0.2, 0.25) is 0 Å². The van der Waals surface area contributed by atoms with Gasteiger partial charge in [0.05, 0.1) is 29.0 Å². The van der Waals surface area contributed by atoms with Gasteiger partial charge in [0.25, 0.3) is 5.69 Å². The second kappa shape index (κ2) is 13.5. The van der Waals surface area contributed by atoms with Gasteiger partial charge in [0.1, 0.15) is 6.42 Å². The van der Waals surface area contributed by atoms with Gasteiger partial charge in [-0.05, 0) is 62.6 Å². The van der Waals surface area contributed by atoms with Crippen molar-refractivity contribution in [1.29, 1.82) is 5.26 Å². The van der Waals surface area contributed by atoms with Gasteiger partial charge in [0.2, 0.25) is 0 Å². The largest absolute Gasteiger partial charge is 0.465 e. The van der Waals surface area contributed by atoms with Gasteiger partial charge in [0.15, 0.2) is 0 Å². The Kier molecular flexibility index (Phi) is 10.3. The van der Waals surface area contributed by atoms with Crippen LogP contribution in [-0.2, 0) is 9.53 Å². The molecule has 0 aliphatic heterocycles. The molecule has 0 heterocycles. The van der Waals surface area contributed by atoms with Crippen LogP contribution in [0.1, 0.15) is 39.0 Å². The Balaban J connectivity index is 1.75. The third-order valence-electron chi connectivity index (χ3n) is 4.75. The number of non-ortho nitro benzene ring substituents is 1. The van der Waals surface area contributed by atoms with Crippen molar-refractivity contribution in [1.82, 2.24) is 0 Å². The zero-order valence-electron chi connectivity index (χ0n) is 18.1. The molecule has 0 saturated heterocycles. The van der Waals surface area contributed by atoms with E-state index in [9.17, 15) is 14.9 Å². The molecule has 2 aromatic carbocycles. The molecule has 2 rings (SSSR count). The van der Waals surface area contributed by atoms with E-state index in [1.165, 1.54) is 12.1 Å². The first kappa shape index (κ1) is 24.5. The van der Waals surface area contributed by atoms with Crippen LogP contribution in [-0.4, -0.2) is 30.6 Å². The monoisotopic (exact) mass is 437 g/mol. The molecule has 168 valence electrons. The zero-order valence-corrected chi connectivity index (χ0v) is 18.1. The average molecular weight is 438 g/mol. The van der Waals surface area contributed by atoms with Crippen LogP contribution < -0.4 is 4.90 Å². The van der Waals surface area contributed by atoms with Gasteiger partial charge in [-0.3, -0.25) is 14.9 Å². The van der Waals surface area contributed by atoms with Crippen molar-refractivity contribution >= 4 is 28.7 Å². The fourth-order valence-corrected chi connectivity index (χ4v) is 3.02. The number of nitro groups is 1. The Labute approximate surface area is 187 Å². The van der Waals surface area contributed by atoms with Gasteiger partial charge in [-0.25, -0.2) is 0 Å². The minimum Gasteiger partial charge on any atom is -0.465 e. The number of carbonyl (C=O) groups is 1. The second-order valence-corrected chi connectivity index (χ2v) is 7.04. The molecule has 0 amide bonds. The lowest BCUT2D eigenvalue weighted by atomic mass is 10.2. The molecule has 0 atom stereocenters. The molecule has 0 bridgehead atoms. The van der Waals surface area contributed by atoms with Crippen molar-refractivity contribution in [3.05, 3.63) is 58.6 Å². The first-order valence-electron chi connectivity index (χ1n) is 10.6. The van der Waals surface area contributed by atoms with E-state index in [1.807, 2.05) is 24.3 Å². The maximum absolute atomic E-state index is 11.1. The summed E-state index contributed by atoms with van der Waals surface area (Å²) in [6.45, 7) is 4.29. The SMILES string of the molecule is CCN(CCCCCCOC(=O)CC#N)c1ccc(N=Nc2ccc([N+](=O)[O-])cc2)cc1. The lowest BCUT2D eigenvalue weighted by molar-refractivity contribution is -0.384. The number of hydrogen-bond donors (Lipinski definition) is 0. The first-order chi connectivity index (χ1) is 15.5. The highest BCUT2D eigenvalue weighted by atomic mass is 16.6. The maximum atomic E-state index is 11.1. The van der Waals surface area contributed by atoms with E-state index in [-0.39, 0.29) is 12.1 Å². The summed E-state index contributed by atoms with van der Waals surface area (Å²) in [7, 11) is 0. The molecule has 0 aliphatic rings. The first-order valence-corrected chi connectivity index (χ1v) is 10.6. The quantitative estimate of drug-likeness (QED) is 0.127. The van der Waals surface area contributed by atoms with E-state index < -0.39 is 10.9 Å². The highest BCUT2D eigenvalue weighted by Crippen LogP contribution is 2.24. The molecular formula is C23H27N5O4. The summed E-state index contributed by atoms with van der Waals surface area (Å²) in [5.74, 6) is -0.458. The summed E-state index contributed by atoms with van der Waals surface area (Å²) in [6, 6.07) is 15.5. The summed E-state index contributed by atoms with van der Waals surface area (Å²) in [5.41, 5.74) is 2.38. The molecule has 2 aromatic rings. The normalized spacial score (nSPS) is 10.6. The Bertz CT molecular complexity index is 936. The number of esters is 1. The van der Waals surface area contributed by atoms with Gasteiger partial charge < -0.3 is 9.64 Å². The van der Waals surface area contributed by atoms with Gasteiger partial charge in [-0.1, -0.05) is 6.42 Å². The fourth-order valence-electron chi connectivity index (χ4n) is 3.02. The summed E-state index contributed by atoms with van der Waals surface area (Å²) in [6.07, 6.45) is 3.65. The summed E-state index contributed by atoms with van der Waals surface area (Å²) in [5, 5.41) is 27.4. The van der Waals surface area contributed by atoms with E-state index in [1.54, 1.807) is 18.2 Å². The summed E-state index contributed by atoms with van der Waals surface area (Å²) in [4.78, 5) is 23.6. The third-order valence-corrected chi connectivity index (χ3v) is 4.75. The van der Waals surface area contributed by atoms with Gasteiger partial charge in [-0.2, -0.15) is 15.5 Å². The van der Waals surface area contributed by atoms with Crippen molar-refractivity contribution in [2.75, 3.05) is 24.6 Å². The molecule has 9 nitrogen and oxygen atoms in total. The number of benzene rings is 2. The van der Waals surface area contributed by atoms with Gasteiger partial charge in [-0.15, -0.1) is 0 Å². The number of hydrogen-bond acceptors (Lipinski definition) is 8. The van der Waals surface area contributed by atoms with Crippen LogP contribution in [0.15, 0.2) is 58.8 Å². The fraction of sp³-hybridized carbons (Fsp3) is 0.391.